The molecule has 0 spiro atoms. The van der Waals surface area contributed by atoms with E-state index in [0.29, 0.717) is 6.42 Å². The molecule has 0 heterocycles. The first kappa shape index (κ1) is 14.9. The van der Waals surface area contributed by atoms with E-state index >= 15 is 0 Å². The number of carboxylic acids is 1. The zero-order chi connectivity index (χ0) is 14.3. The first-order valence-electron chi connectivity index (χ1n) is 5.94. The van der Waals surface area contributed by atoms with E-state index in [1.165, 1.54) is 18.2 Å². The molecule has 1 amide bonds. The van der Waals surface area contributed by atoms with Gasteiger partial charge in [0.15, 0.2) is 11.6 Å². The van der Waals surface area contributed by atoms with Gasteiger partial charge in [0.25, 0.3) is 0 Å². The Kier molecular flexibility index (Phi) is 5.78. The molecule has 1 aromatic rings. The minimum Gasteiger partial charge on any atom is -0.490 e. The molecular formula is C13H16FNO4. The van der Waals surface area contributed by atoms with Gasteiger partial charge in [-0.1, -0.05) is 19.1 Å². The summed E-state index contributed by atoms with van der Waals surface area (Å²) in [5.41, 5.74) is 0. The van der Waals surface area contributed by atoms with Gasteiger partial charge in [0.05, 0.1) is 13.0 Å². The quantitative estimate of drug-likeness (QED) is 0.788. The van der Waals surface area contributed by atoms with Crippen molar-refractivity contribution in [2.45, 2.75) is 25.8 Å². The smallest absolute Gasteiger partial charge is 0.326 e. The number of carbonyl (C=O) groups is 2. The van der Waals surface area contributed by atoms with Crippen molar-refractivity contribution in [1.29, 1.82) is 0 Å². The second-order valence-corrected chi connectivity index (χ2v) is 3.90. The predicted octanol–water partition coefficient (Wildman–Crippen LogP) is 1.57. The van der Waals surface area contributed by atoms with Crippen LogP contribution >= 0.6 is 0 Å². The third kappa shape index (κ3) is 4.95. The number of amides is 1. The monoisotopic (exact) mass is 269 g/mol. The van der Waals surface area contributed by atoms with Crippen molar-refractivity contribution in [3.63, 3.8) is 0 Å². The Morgan fingerprint density at radius 1 is 1.42 bits per heavy atom. The van der Waals surface area contributed by atoms with Crippen LogP contribution in [0.4, 0.5) is 4.39 Å². The second kappa shape index (κ2) is 7.35. The van der Waals surface area contributed by atoms with Gasteiger partial charge < -0.3 is 15.2 Å². The molecule has 0 unspecified atom stereocenters. The highest BCUT2D eigenvalue weighted by molar-refractivity contribution is 5.83. The van der Waals surface area contributed by atoms with Crippen LogP contribution in [0.2, 0.25) is 0 Å². The Balaban J connectivity index is 2.35. The Morgan fingerprint density at radius 3 is 2.68 bits per heavy atom. The maximum atomic E-state index is 13.2. The van der Waals surface area contributed by atoms with Crippen LogP contribution in [0.25, 0.3) is 0 Å². The largest absolute Gasteiger partial charge is 0.490 e. The number of para-hydroxylation sites is 1. The minimum atomic E-state index is -1.08. The molecule has 0 aliphatic carbocycles. The number of ether oxygens (including phenoxy) is 1. The standard InChI is InChI=1S/C13H16FNO4/c1-2-10(13(17)18)15-12(16)7-8-19-11-6-4-3-5-9(11)14/h3-6,10H,2,7-8H2,1H3,(H,15,16)(H,17,18)/t10-/m0/s1. The molecule has 0 aliphatic heterocycles. The zero-order valence-corrected chi connectivity index (χ0v) is 10.6. The molecule has 104 valence electrons. The van der Waals surface area contributed by atoms with Gasteiger partial charge in [0.1, 0.15) is 6.04 Å². The Morgan fingerprint density at radius 2 is 2.11 bits per heavy atom. The van der Waals surface area contributed by atoms with Gasteiger partial charge in [-0.2, -0.15) is 0 Å². The fourth-order valence-corrected chi connectivity index (χ4v) is 1.42. The Hall–Kier alpha value is -2.11. The van der Waals surface area contributed by atoms with Crippen LogP contribution in [0.1, 0.15) is 19.8 Å². The van der Waals surface area contributed by atoms with E-state index in [-0.39, 0.29) is 18.8 Å². The molecular weight excluding hydrogens is 253 g/mol. The summed E-state index contributed by atoms with van der Waals surface area (Å²) in [6, 6.07) is 4.97. The summed E-state index contributed by atoms with van der Waals surface area (Å²) < 4.78 is 18.3. The van der Waals surface area contributed by atoms with Crippen molar-refractivity contribution in [2.75, 3.05) is 6.61 Å². The average molecular weight is 269 g/mol. The molecule has 19 heavy (non-hydrogen) atoms. The molecule has 0 fully saturated rings. The van der Waals surface area contributed by atoms with Crippen LogP contribution in [0.3, 0.4) is 0 Å². The molecule has 0 bridgehead atoms. The van der Waals surface area contributed by atoms with E-state index in [4.69, 9.17) is 9.84 Å². The van der Waals surface area contributed by atoms with Crippen molar-refractivity contribution in [1.82, 2.24) is 5.32 Å². The average Bonchev–Trinajstić information content (AvgIpc) is 2.38. The number of aliphatic carboxylic acids is 1. The number of hydrogen-bond acceptors (Lipinski definition) is 3. The zero-order valence-electron chi connectivity index (χ0n) is 10.6. The SMILES string of the molecule is CC[C@H](NC(=O)CCOc1ccccc1F)C(=O)O. The van der Waals surface area contributed by atoms with Crippen molar-refractivity contribution < 1.29 is 23.8 Å². The number of carbonyl (C=O) groups excluding carboxylic acids is 1. The first-order chi connectivity index (χ1) is 9.04. The van der Waals surface area contributed by atoms with E-state index < -0.39 is 23.7 Å². The summed E-state index contributed by atoms with van der Waals surface area (Å²) in [6.45, 7) is 1.65. The lowest BCUT2D eigenvalue weighted by molar-refractivity contribution is -0.142. The van der Waals surface area contributed by atoms with Gasteiger partial charge >= 0.3 is 5.97 Å². The number of carboxylic acid groups (broad SMARTS) is 1. The highest BCUT2D eigenvalue weighted by Crippen LogP contribution is 2.15. The summed E-state index contributed by atoms with van der Waals surface area (Å²) in [7, 11) is 0. The number of rotatable bonds is 7. The molecule has 0 aromatic heterocycles. The van der Waals surface area contributed by atoms with Crippen LogP contribution in [-0.4, -0.2) is 29.6 Å². The molecule has 0 aliphatic rings. The van der Waals surface area contributed by atoms with E-state index in [0.717, 1.165) is 0 Å². The van der Waals surface area contributed by atoms with Gasteiger partial charge in [0.2, 0.25) is 5.91 Å². The van der Waals surface area contributed by atoms with Crippen LogP contribution in [0, 0.1) is 5.82 Å². The summed E-state index contributed by atoms with van der Waals surface area (Å²) in [5.74, 6) is -1.95. The number of benzene rings is 1. The molecule has 1 atom stereocenters. The Bertz CT molecular complexity index is 450. The van der Waals surface area contributed by atoms with Gasteiger partial charge in [-0.15, -0.1) is 0 Å². The van der Waals surface area contributed by atoms with Crippen LogP contribution in [0.15, 0.2) is 24.3 Å². The van der Waals surface area contributed by atoms with E-state index in [1.54, 1.807) is 13.0 Å². The summed E-state index contributed by atoms with van der Waals surface area (Å²) in [4.78, 5) is 22.2. The molecule has 5 nitrogen and oxygen atoms in total. The van der Waals surface area contributed by atoms with Gasteiger partial charge in [-0.05, 0) is 18.6 Å². The fraction of sp³-hybridized carbons (Fsp3) is 0.385. The maximum Gasteiger partial charge on any atom is 0.326 e. The normalized spacial score (nSPS) is 11.7. The first-order valence-corrected chi connectivity index (χ1v) is 5.94. The lowest BCUT2D eigenvalue weighted by Crippen LogP contribution is -2.40. The van der Waals surface area contributed by atoms with E-state index in [2.05, 4.69) is 5.32 Å². The summed E-state index contributed by atoms with van der Waals surface area (Å²) in [6.07, 6.45) is 0.271. The molecule has 2 N–H and O–H groups in total. The van der Waals surface area contributed by atoms with Gasteiger partial charge in [-0.3, -0.25) is 4.79 Å². The van der Waals surface area contributed by atoms with Crippen LogP contribution in [0.5, 0.6) is 5.75 Å². The maximum absolute atomic E-state index is 13.2. The van der Waals surface area contributed by atoms with Crippen molar-refractivity contribution in [2.24, 2.45) is 0 Å². The lowest BCUT2D eigenvalue weighted by atomic mass is 10.2. The van der Waals surface area contributed by atoms with E-state index in [1.807, 2.05) is 0 Å². The highest BCUT2D eigenvalue weighted by Gasteiger charge is 2.17. The molecule has 0 radical (unpaired) electrons. The molecule has 1 rings (SSSR count). The van der Waals surface area contributed by atoms with Crippen LogP contribution in [-0.2, 0) is 9.59 Å². The molecule has 1 aromatic carbocycles. The topological polar surface area (TPSA) is 75.6 Å². The summed E-state index contributed by atoms with van der Waals surface area (Å²) in [5, 5.41) is 11.1. The third-order valence-corrected chi connectivity index (χ3v) is 2.46. The third-order valence-electron chi connectivity index (χ3n) is 2.46. The van der Waals surface area contributed by atoms with Gasteiger partial charge in [-0.25, -0.2) is 9.18 Å². The van der Waals surface area contributed by atoms with Gasteiger partial charge in [0, 0.05) is 0 Å². The molecule has 0 saturated carbocycles. The predicted molar refractivity (Wildman–Crippen MR) is 66.4 cm³/mol. The fourth-order valence-electron chi connectivity index (χ4n) is 1.42. The highest BCUT2D eigenvalue weighted by atomic mass is 19.1. The number of halogens is 1. The summed E-state index contributed by atoms with van der Waals surface area (Å²) >= 11 is 0. The number of nitrogens with one attached hydrogen (secondary N) is 1. The van der Waals surface area contributed by atoms with Crippen molar-refractivity contribution in [3.05, 3.63) is 30.1 Å². The minimum absolute atomic E-state index is 0.0111. The molecule has 6 heteroatoms. The second-order valence-electron chi connectivity index (χ2n) is 3.90. The molecule has 0 saturated heterocycles. The van der Waals surface area contributed by atoms with E-state index in [9.17, 15) is 14.0 Å². The lowest BCUT2D eigenvalue weighted by Gasteiger charge is -2.12. The number of hydrogen-bond donors (Lipinski definition) is 2. The van der Waals surface area contributed by atoms with Crippen molar-refractivity contribution >= 4 is 11.9 Å². The Labute approximate surface area is 110 Å². The van der Waals surface area contributed by atoms with Crippen molar-refractivity contribution in [3.8, 4) is 5.75 Å². The van der Waals surface area contributed by atoms with Crippen LogP contribution < -0.4 is 10.1 Å².